The van der Waals surface area contributed by atoms with E-state index in [9.17, 15) is 10.1 Å². The highest BCUT2D eigenvalue weighted by Crippen LogP contribution is 2.33. The van der Waals surface area contributed by atoms with Crippen molar-refractivity contribution in [2.24, 2.45) is 0 Å². The van der Waals surface area contributed by atoms with Gasteiger partial charge >= 0.3 is 0 Å². The van der Waals surface area contributed by atoms with E-state index in [2.05, 4.69) is 21.6 Å². The van der Waals surface area contributed by atoms with E-state index in [1.54, 1.807) is 19.2 Å². The molecule has 1 aliphatic rings. The zero-order valence-electron chi connectivity index (χ0n) is 17.5. The molecule has 0 aliphatic heterocycles. The number of aromatic nitrogens is 3. The molecule has 2 aromatic carbocycles. The predicted octanol–water partition coefficient (Wildman–Crippen LogP) is 4.64. The summed E-state index contributed by atoms with van der Waals surface area (Å²) >= 11 is 7.64. The summed E-state index contributed by atoms with van der Waals surface area (Å²) in [4.78, 5) is 12.6. The Morgan fingerprint density at radius 2 is 2.00 bits per heavy atom. The number of halogens is 1. The summed E-state index contributed by atoms with van der Waals surface area (Å²) in [5.41, 5.74) is 0.897. The highest BCUT2D eigenvalue weighted by atomic mass is 35.5. The fourth-order valence-electron chi connectivity index (χ4n) is 3.84. The number of benzene rings is 2. The molecule has 9 heteroatoms. The van der Waals surface area contributed by atoms with Gasteiger partial charge in [0.15, 0.2) is 11.0 Å². The Bertz CT molecular complexity index is 1150. The average molecular weight is 468 g/mol. The van der Waals surface area contributed by atoms with Gasteiger partial charge in [-0.25, -0.2) is 0 Å². The summed E-state index contributed by atoms with van der Waals surface area (Å²) in [5, 5.41) is 22.2. The predicted molar refractivity (Wildman–Crippen MR) is 124 cm³/mol. The van der Waals surface area contributed by atoms with E-state index < -0.39 is 5.54 Å². The second kappa shape index (κ2) is 9.63. The molecule has 0 radical (unpaired) electrons. The first-order valence-electron chi connectivity index (χ1n) is 10.2. The molecule has 1 fully saturated rings. The van der Waals surface area contributed by atoms with Crippen LogP contribution in [0.3, 0.4) is 0 Å². The first-order valence-corrected chi connectivity index (χ1v) is 11.6. The van der Waals surface area contributed by atoms with Crippen LogP contribution in [0.25, 0.3) is 17.1 Å². The number of hydrogen-bond acceptors (Lipinski definition) is 6. The van der Waals surface area contributed by atoms with Crippen LogP contribution in [0.2, 0.25) is 5.02 Å². The number of carbonyl (C=O) groups is 1. The van der Waals surface area contributed by atoms with Gasteiger partial charge in [0, 0.05) is 5.56 Å². The van der Waals surface area contributed by atoms with Crippen molar-refractivity contribution in [3.8, 4) is 28.9 Å². The maximum Gasteiger partial charge on any atom is 0.231 e. The molecule has 164 valence electrons. The molecule has 1 amide bonds. The van der Waals surface area contributed by atoms with Gasteiger partial charge in [-0.05, 0) is 43.9 Å². The molecule has 1 N–H and O–H groups in total. The molecule has 4 rings (SSSR count). The van der Waals surface area contributed by atoms with E-state index in [1.165, 1.54) is 11.8 Å². The van der Waals surface area contributed by atoms with Gasteiger partial charge in [-0.3, -0.25) is 9.36 Å². The van der Waals surface area contributed by atoms with Crippen molar-refractivity contribution in [2.75, 3.05) is 12.9 Å². The van der Waals surface area contributed by atoms with Crippen molar-refractivity contribution in [3.63, 3.8) is 0 Å². The molecule has 0 saturated heterocycles. The molecule has 3 aromatic rings. The van der Waals surface area contributed by atoms with Gasteiger partial charge in [0.1, 0.15) is 11.3 Å². The Labute approximate surface area is 195 Å². The highest BCUT2D eigenvalue weighted by molar-refractivity contribution is 7.99. The third-order valence-corrected chi connectivity index (χ3v) is 6.67. The fraction of sp³-hybridized carbons (Fsp3) is 0.304. The molecule has 0 spiro atoms. The maximum absolute atomic E-state index is 12.6. The smallest absolute Gasteiger partial charge is 0.231 e. The molecule has 1 aliphatic carbocycles. The summed E-state index contributed by atoms with van der Waals surface area (Å²) in [5.74, 6) is 1.14. The summed E-state index contributed by atoms with van der Waals surface area (Å²) in [6, 6.07) is 17.4. The number of nitrogens with one attached hydrogen (secondary N) is 1. The van der Waals surface area contributed by atoms with Crippen molar-refractivity contribution >= 4 is 29.3 Å². The van der Waals surface area contributed by atoms with Crippen molar-refractivity contribution in [3.05, 3.63) is 53.6 Å². The van der Waals surface area contributed by atoms with Gasteiger partial charge in [0.2, 0.25) is 5.91 Å². The number of thioether (sulfide) groups is 1. The Balaban J connectivity index is 1.62. The van der Waals surface area contributed by atoms with Crippen LogP contribution < -0.4 is 10.1 Å². The van der Waals surface area contributed by atoms with Crippen molar-refractivity contribution < 1.29 is 9.53 Å². The largest absolute Gasteiger partial charge is 0.495 e. The van der Waals surface area contributed by atoms with E-state index >= 15 is 0 Å². The lowest BCUT2D eigenvalue weighted by Gasteiger charge is -2.21. The highest BCUT2D eigenvalue weighted by Gasteiger charge is 2.35. The van der Waals surface area contributed by atoms with Crippen LogP contribution in [0.1, 0.15) is 25.7 Å². The summed E-state index contributed by atoms with van der Waals surface area (Å²) in [6.07, 6.45) is 3.29. The van der Waals surface area contributed by atoms with E-state index in [-0.39, 0.29) is 11.7 Å². The Kier molecular flexibility index (Phi) is 6.68. The Hall–Kier alpha value is -3.02. The third kappa shape index (κ3) is 4.59. The molecule has 7 nitrogen and oxygen atoms in total. The molecular formula is C23H22ClN5O2S. The zero-order chi connectivity index (χ0) is 22.6. The molecule has 0 atom stereocenters. The lowest BCUT2D eigenvalue weighted by Crippen LogP contribution is -2.45. The van der Waals surface area contributed by atoms with Crippen LogP contribution in [0.15, 0.2) is 53.7 Å². The first kappa shape index (κ1) is 22.2. The lowest BCUT2D eigenvalue weighted by molar-refractivity contribution is -0.119. The van der Waals surface area contributed by atoms with Gasteiger partial charge in [0.25, 0.3) is 0 Å². The maximum atomic E-state index is 12.6. The van der Waals surface area contributed by atoms with Crippen molar-refractivity contribution in [1.82, 2.24) is 20.1 Å². The third-order valence-electron chi connectivity index (χ3n) is 5.44. The number of ether oxygens (including phenoxy) is 1. The van der Waals surface area contributed by atoms with Crippen LogP contribution >= 0.6 is 23.4 Å². The van der Waals surface area contributed by atoms with Crippen molar-refractivity contribution in [1.29, 1.82) is 5.26 Å². The number of amides is 1. The number of rotatable bonds is 7. The van der Waals surface area contributed by atoms with Crippen molar-refractivity contribution in [2.45, 2.75) is 36.4 Å². The first-order chi connectivity index (χ1) is 15.5. The van der Waals surface area contributed by atoms with Gasteiger partial charge in [-0.1, -0.05) is 53.7 Å². The van der Waals surface area contributed by atoms with Gasteiger partial charge in [-0.15, -0.1) is 10.2 Å². The van der Waals surface area contributed by atoms with Gasteiger partial charge in [-0.2, -0.15) is 5.26 Å². The van der Waals surface area contributed by atoms with Crippen LogP contribution in [0.5, 0.6) is 5.75 Å². The van der Waals surface area contributed by atoms with Crippen LogP contribution in [0, 0.1) is 11.3 Å². The molecular weight excluding hydrogens is 446 g/mol. The summed E-state index contributed by atoms with van der Waals surface area (Å²) in [7, 11) is 1.56. The Morgan fingerprint density at radius 3 is 2.66 bits per heavy atom. The van der Waals surface area contributed by atoms with E-state index in [0.717, 1.165) is 24.1 Å². The molecule has 1 aromatic heterocycles. The standard InChI is InChI=1S/C23H22ClN5O2S/c1-31-19-10-9-17(13-18(19)24)29-21(16-7-3-2-4-8-16)27-28-22(29)32-14-20(30)26-23(15-25)11-5-6-12-23/h2-4,7-10,13H,5-6,11-12,14H2,1H3,(H,26,30). The Morgan fingerprint density at radius 1 is 1.25 bits per heavy atom. The minimum absolute atomic E-state index is 0.125. The van der Waals surface area contributed by atoms with Gasteiger partial charge < -0.3 is 10.1 Å². The molecule has 0 bridgehead atoms. The van der Waals surface area contributed by atoms with E-state index in [1.807, 2.05) is 41.0 Å². The van der Waals surface area contributed by atoms with E-state index in [4.69, 9.17) is 16.3 Å². The minimum atomic E-state index is -0.746. The number of hydrogen-bond donors (Lipinski definition) is 1. The van der Waals surface area contributed by atoms with Crippen LogP contribution in [-0.2, 0) is 4.79 Å². The quantitative estimate of drug-likeness (QED) is 0.509. The molecule has 32 heavy (non-hydrogen) atoms. The lowest BCUT2D eigenvalue weighted by atomic mass is 10.0. The van der Waals surface area contributed by atoms with E-state index in [0.29, 0.717) is 34.6 Å². The average Bonchev–Trinajstić information content (AvgIpc) is 3.46. The number of carbonyl (C=O) groups excluding carboxylic acids is 1. The summed E-state index contributed by atoms with van der Waals surface area (Å²) < 4.78 is 7.14. The summed E-state index contributed by atoms with van der Waals surface area (Å²) in [6.45, 7) is 0. The van der Waals surface area contributed by atoms with Gasteiger partial charge in [0.05, 0.1) is 29.6 Å². The fourth-order valence-corrected chi connectivity index (χ4v) is 4.84. The second-order valence-corrected chi connectivity index (χ2v) is 8.91. The topological polar surface area (TPSA) is 92.8 Å². The normalized spacial score (nSPS) is 14.7. The number of methoxy groups -OCH3 is 1. The molecule has 0 unspecified atom stereocenters. The molecule has 1 heterocycles. The number of nitriles is 1. The van der Waals surface area contributed by atoms with Crippen LogP contribution in [0.4, 0.5) is 0 Å². The zero-order valence-corrected chi connectivity index (χ0v) is 19.1. The minimum Gasteiger partial charge on any atom is -0.495 e. The monoisotopic (exact) mass is 467 g/mol. The molecule has 1 saturated carbocycles. The second-order valence-electron chi connectivity index (χ2n) is 7.56. The van der Waals surface area contributed by atoms with Crippen LogP contribution in [-0.4, -0.2) is 39.1 Å². The number of nitrogens with zero attached hydrogens (tertiary/aromatic N) is 4. The SMILES string of the molecule is COc1ccc(-n2c(SCC(=O)NC3(C#N)CCCC3)nnc2-c2ccccc2)cc1Cl.